The predicted molar refractivity (Wildman–Crippen MR) is 101 cm³/mol. The first kappa shape index (κ1) is 18.2. The average Bonchev–Trinajstić information content (AvgIpc) is 3.11. The van der Waals surface area contributed by atoms with Crippen molar-refractivity contribution in [1.82, 2.24) is 19.7 Å². The molecular weight excluding hydrogens is 374 g/mol. The fraction of sp³-hybridized carbons (Fsp3) is 0.176. The molecule has 0 saturated heterocycles. The van der Waals surface area contributed by atoms with Gasteiger partial charge in [0, 0.05) is 11.1 Å². The molecule has 134 valence electrons. The van der Waals surface area contributed by atoms with Crippen LogP contribution in [-0.2, 0) is 4.79 Å². The summed E-state index contributed by atoms with van der Waals surface area (Å²) >= 11 is 7.47. The lowest BCUT2D eigenvalue weighted by Crippen LogP contribution is -2.14. The van der Waals surface area contributed by atoms with Crippen molar-refractivity contribution in [1.29, 1.82) is 0 Å². The molecule has 2 heterocycles. The predicted octanol–water partition coefficient (Wildman–Crippen LogP) is 3.36. The molecular formula is C17H16ClN5O2S. The Morgan fingerprint density at radius 1 is 1.35 bits per heavy atom. The van der Waals surface area contributed by atoms with Gasteiger partial charge in [0.05, 0.1) is 30.4 Å². The normalized spacial score (nSPS) is 10.6. The highest BCUT2D eigenvalue weighted by atomic mass is 35.5. The zero-order valence-electron chi connectivity index (χ0n) is 14.1. The van der Waals surface area contributed by atoms with Crippen LogP contribution in [0.25, 0.3) is 5.69 Å². The van der Waals surface area contributed by atoms with Crippen LogP contribution in [0, 0.1) is 6.92 Å². The number of carbonyl (C=O) groups excluding carboxylic acids is 1. The van der Waals surface area contributed by atoms with E-state index in [9.17, 15) is 4.79 Å². The van der Waals surface area contributed by atoms with Crippen LogP contribution in [0.2, 0.25) is 5.02 Å². The number of methoxy groups -OCH3 is 1. The first-order valence-corrected chi connectivity index (χ1v) is 9.02. The van der Waals surface area contributed by atoms with E-state index in [1.165, 1.54) is 25.1 Å². The van der Waals surface area contributed by atoms with Crippen molar-refractivity contribution in [3.8, 4) is 11.6 Å². The molecule has 0 bridgehead atoms. The molecule has 0 saturated carbocycles. The second kappa shape index (κ2) is 8.20. The number of pyridine rings is 1. The summed E-state index contributed by atoms with van der Waals surface area (Å²) in [6.07, 6.45) is 3.13. The number of carbonyl (C=O) groups is 1. The number of nitrogens with one attached hydrogen (secondary N) is 1. The summed E-state index contributed by atoms with van der Waals surface area (Å²) in [4.78, 5) is 16.2. The van der Waals surface area contributed by atoms with Crippen LogP contribution in [0.4, 0.5) is 5.69 Å². The van der Waals surface area contributed by atoms with Crippen molar-refractivity contribution in [3.05, 3.63) is 53.4 Å². The minimum Gasteiger partial charge on any atom is -0.481 e. The number of hydrogen-bond acceptors (Lipinski definition) is 6. The highest BCUT2D eigenvalue weighted by Gasteiger charge is 2.11. The maximum Gasteiger partial charge on any atom is 0.234 e. The lowest BCUT2D eigenvalue weighted by atomic mass is 10.2. The Kier molecular flexibility index (Phi) is 5.75. The number of rotatable bonds is 6. The molecule has 1 amide bonds. The molecule has 0 aliphatic carbocycles. The molecule has 0 fully saturated rings. The van der Waals surface area contributed by atoms with Crippen molar-refractivity contribution in [3.63, 3.8) is 0 Å². The van der Waals surface area contributed by atoms with Gasteiger partial charge in [0.25, 0.3) is 0 Å². The topological polar surface area (TPSA) is 81.9 Å². The zero-order valence-corrected chi connectivity index (χ0v) is 15.7. The fourth-order valence-corrected chi connectivity index (χ4v) is 3.04. The Bertz CT molecular complexity index is 914. The summed E-state index contributed by atoms with van der Waals surface area (Å²) in [6.45, 7) is 1.94. The van der Waals surface area contributed by atoms with Gasteiger partial charge in [-0.3, -0.25) is 9.36 Å². The van der Waals surface area contributed by atoms with E-state index in [2.05, 4.69) is 20.5 Å². The number of hydrogen-bond donors (Lipinski definition) is 1. The SMILES string of the molecule is COc1ccc(NC(=O)CSc2nncn2-c2ccc(C)c(Cl)c2)cn1. The fourth-order valence-electron chi connectivity index (χ4n) is 2.13. The summed E-state index contributed by atoms with van der Waals surface area (Å²) in [6, 6.07) is 9.10. The lowest BCUT2D eigenvalue weighted by molar-refractivity contribution is -0.113. The molecule has 3 rings (SSSR count). The quantitative estimate of drug-likeness (QED) is 0.651. The van der Waals surface area contributed by atoms with Gasteiger partial charge in [-0.05, 0) is 30.7 Å². The highest BCUT2D eigenvalue weighted by Crippen LogP contribution is 2.24. The van der Waals surface area contributed by atoms with E-state index < -0.39 is 0 Å². The molecule has 1 N–H and O–H groups in total. The average molecular weight is 390 g/mol. The summed E-state index contributed by atoms with van der Waals surface area (Å²) in [7, 11) is 1.54. The van der Waals surface area contributed by atoms with E-state index in [1.807, 2.05) is 25.1 Å². The Hall–Kier alpha value is -2.58. The number of nitrogens with zero attached hydrogens (tertiary/aromatic N) is 4. The molecule has 0 radical (unpaired) electrons. The summed E-state index contributed by atoms with van der Waals surface area (Å²) in [5.41, 5.74) is 2.43. The second-order valence-corrected chi connectivity index (χ2v) is 6.69. The van der Waals surface area contributed by atoms with E-state index in [-0.39, 0.29) is 11.7 Å². The smallest absolute Gasteiger partial charge is 0.234 e. The largest absolute Gasteiger partial charge is 0.481 e. The third-order valence-electron chi connectivity index (χ3n) is 3.51. The van der Waals surface area contributed by atoms with Crippen LogP contribution < -0.4 is 10.1 Å². The minimum atomic E-state index is -0.168. The van der Waals surface area contributed by atoms with E-state index in [0.29, 0.717) is 21.7 Å². The van der Waals surface area contributed by atoms with Crippen LogP contribution >= 0.6 is 23.4 Å². The van der Waals surface area contributed by atoms with Crippen LogP contribution in [0.5, 0.6) is 5.88 Å². The summed E-state index contributed by atoms with van der Waals surface area (Å²) in [5, 5.41) is 12.0. The van der Waals surface area contributed by atoms with Gasteiger partial charge in [0.15, 0.2) is 5.16 Å². The van der Waals surface area contributed by atoms with Crippen LogP contribution in [0.15, 0.2) is 48.0 Å². The van der Waals surface area contributed by atoms with Crippen molar-refractivity contribution in [2.45, 2.75) is 12.1 Å². The molecule has 0 aliphatic heterocycles. The van der Waals surface area contributed by atoms with Crippen molar-refractivity contribution < 1.29 is 9.53 Å². The number of halogens is 1. The van der Waals surface area contributed by atoms with E-state index in [1.54, 1.807) is 23.0 Å². The maximum atomic E-state index is 12.1. The van der Waals surface area contributed by atoms with Crippen molar-refractivity contribution >= 4 is 35.0 Å². The Labute approximate surface area is 159 Å². The first-order chi connectivity index (χ1) is 12.6. The Morgan fingerprint density at radius 2 is 2.19 bits per heavy atom. The molecule has 3 aromatic rings. The third kappa shape index (κ3) is 4.33. The number of thioether (sulfide) groups is 1. The molecule has 0 unspecified atom stereocenters. The van der Waals surface area contributed by atoms with Crippen LogP contribution in [-0.4, -0.2) is 38.5 Å². The number of amides is 1. The Morgan fingerprint density at radius 3 is 2.88 bits per heavy atom. The lowest BCUT2D eigenvalue weighted by Gasteiger charge is -2.08. The monoisotopic (exact) mass is 389 g/mol. The van der Waals surface area contributed by atoms with Crippen molar-refractivity contribution in [2.24, 2.45) is 0 Å². The van der Waals surface area contributed by atoms with Gasteiger partial charge < -0.3 is 10.1 Å². The zero-order chi connectivity index (χ0) is 18.5. The van der Waals surface area contributed by atoms with Gasteiger partial charge in [-0.15, -0.1) is 10.2 Å². The van der Waals surface area contributed by atoms with Gasteiger partial charge in [-0.25, -0.2) is 4.98 Å². The van der Waals surface area contributed by atoms with Gasteiger partial charge in [-0.2, -0.15) is 0 Å². The second-order valence-electron chi connectivity index (χ2n) is 5.34. The number of aryl methyl sites for hydroxylation is 1. The molecule has 0 spiro atoms. The summed E-state index contributed by atoms with van der Waals surface area (Å²) in [5.74, 6) is 0.505. The van der Waals surface area contributed by atoms with Crippen LogP contribution in [0.1, 0.15) is 5.56 Å². The van der Waals surface area contributed by atoms with Gasteiger partial charge >= 0.3 is 0 Å². The summed E-state index contributed by atoms with van der Waals surface area (Å²) < 4.78 is 6.78. The number of benzene rings is 1. The molecule has 1 aromatic carbocycles. The third-order valence-corrected chi connectivity index (χ3v) is 4.86. The molecule has 9 heteroatoms. The standard InChI is InChI=1S/C17H16ClN5O2S/c1-11-3-5-13(7-14(11)18)23-10-20-22-17(23)26-9-15(24)21-12-4-6-16(25-2)19-8-12/h3-8,10H,9H2,1-2H3,(H,21,24). The van der Waals surface area contributed by atoms with Gasteiger partial charge in [0.2, 0.25) is 11.8 Å². The van der Waals surface area contributed by atoms with E-state index in [4.69, 9.17) is 16.3 Å². The van der Waals surface area contributed by atoms with E-state index >= 15 is 0 Å². The number of anilines is 1. The first-order valence-electron chi connectivity index (χ1n) is 7.66. The maximum absolute atomic E-state index is 12.1. The number of ether oxygens (including phenoxy) is 1. The van der Waals surface area contributed by atoms with Gasteiger partial charge in [0.1, 0.15) is 6.33 Å². The Balaban J connectivity index is 1.63. The van der Waals surface area contributed by atoms with Gasteiger partial charge in [-0.1, -0.05) is 29.4 Å². The molecule has 26 heavy (non-hydrogen) atoms. The van der Waals surface area contributed by atoms with E-state index in [0.717, 1.165) is 11.3 Å². The highest BCUT2D eigenvalue weighted by molar-refractivity contribution is 7.99. The minimum absolute atomic E-state index is 0.168. The van der Waals surface area contributed by atoms with Crippen LogP contribution in [0.3, 0.4) is 0 Å². The molecule has 0 atom stereocenters. The molecule has 0 aliphatic rings. The number of aromatic nitrogens is 4. The van der Waals surface area contributed by atoms with Crippen molar-refractivity contribution in [2.75, 3.05) is 18.2 Å². The molecule has 2 aromatic heterocycles. The molecule has 7 nitrogen and oxygen atoms in total.